The average Bonchev–Trinajstić information content (AvgIpc) is 2.91. The van der Waals surface area contributed by atoms with Crippen LogP contribution in [0.15, 0.2) is 54.6 Å². The molecule has 1 amide bonds. The standard InChI is InChI=1S/C19H17Cl2N3O2/c1-13-17(19(25)23-26-12-14-7-3-2-4-8-14)18(21)24(22-13)11-15-9-5-6-10-16(15)20/h2-10H,11-12H2,1H3,(H,23,25). The monoisotopic (exact) mass is 389 g/mol. The number of carbonyl (C=O) groups excluding carboxylic acids is 1. The van der Waals surface area contributed by atoms with Gasteiger partial charge in [0.2, 0.25) is 0 Å². The number of amides is 1. The molecule has 0 spiro atoms. The zero-order chi connectivity index (χ0) is 18.5. The molecule has 2 aromatic carbocycles. The number of hydrogen-bond acceptors (Lipinski definition) is 3. The van der Waals surface area contributed by atoms with E-state index in [0.29, 0.717) is 17.3 Å². The van der Waals surface area contributed by atoms with Crippen LogP contribution in [0.3, 0.4) is 0 Å². The number of nitrogens with zero attached hydrogens (tertiary/aromatic N) is 2. The van der Waals surface area contributed by atoms with Crippen LogP contribution in [0.2, 0.25) is 10.2 Å². The number of benzene rings is 2. The number of carbonyl (C=O) groups is 1. The fourth-order valence-electron chi connectivity index (χ4n) is 2.51. The van der Waals surface area contributed by atoms with E-state index in [9.17, 15) is 4.79 Å². The molecule has 1 aromatic heterocycles. The van der Waals surface area contributed by atoms with E-state index in [1.807, 2.05) is 48.5 Å². The molecule has 7 heteroatoms. The first-order valence-electron chi connectivity index (χ1n) is 7.98. The highest BCUT2D eigenvalue weighted by Gasteiger charge is 2.21. The minimum atomic E-state index is -0.436. The molecule has 0 atom stereocenters. The van der Waals surface area contributed by atoms with Crippen molar-refractivity contribution in [2.24, 2.45) is 0 Å². The third-order valence-corrected chi connectivity index (χ3v) is 4.57. The van der Waals surface area contributed by atoms with E-state index >= 15 is 0 Å². The van der Waals surface area contributed by atoms with Crippen LogP contribution in [0.5, 0.6) is 0 Å². The molecule has 1 N–H and O–H groups in total. The molecular formula is C19H17Cl2N3O2. The minimum Gasteiger partial charge on any atom is -0.269 e. The van der Waals surface area contributed by atoms with Crippen molar-refractivity contribution in [3.63, 3.8) is 0 Å². The van der Waals surface area contributed by atoms with Crippen LogP contribution in [-0.4, -0.2) is 15.7 Å². The van der Waals surface area contributed by atoms with Crippen molar-refractivity contribution in [3.05, 3.63) is 87.2 Å². The van der Waals surface area contributed by atoms with Gasteiger partial charge in [0, 0.05) is 5.02 Å². The highest BCUT2D eigenvalue weighted by Crippen LogP contribution is 2.23. The maximum atomic E-state index is 12.4. The predicted molar refractivity (Wildman–Crippen MR) is 101 cm³/mol. The van der Waals surface area contributed by atoms with Crippen LogP contribution in [0.4, 0.5) is 0 Å². The molecule has 0 saturated heterocycles. The zero-order valence-electron chi connectivity index (χ0n) is 14.1. The Morgan fingerprint density at radius 2 is 1.81 bits per heavy atom. The molecule has 5 nitrogen and oxygen atoms in total. The molecule has 0 radical (unpaired) electrons. The Kier molecular flexibility index (Phi) is 5.93. The Balaban J connectivity index is 1.69. The molecule has 0 bridgehead atoms. The van der Waals surface area contributed by atoms with Crippen LogP contribution in [-0.2, 0) is 18.0 Å². The normalized spacial score (nSPS) is 10.7. The van der Waals surface area contributed by atoms with E-state index in [-0.39, 0.29) is 17.3 Å². The van der Waals surface area contributed by atoms with Gasteiger partial charge in [0.05, 0.1) is 18.8 Å². The molecule has 3 aromatic rings. The SMILES string of the molecule is Cc1nn(Cc2ccccc2Cl)c(Cl)c1C(=O)NOCc1ccccc1. The third kappa shape index (κ3) is 4.25. The fraction of sp³-hybridized carbons (Fsp3) is 0.158. The van der Waals surface area contributed by atoms with E-state index in [1.165, 1.54) is 0 Å². The maximum Gasteiger partial charge on any atom is 0.279 e. The number of nitrogens with one attached hydrogen (secondary N) is 1. The lowest BCUT2D eigenvalue weighted by Crippen LogP contribution is -2.24. The van der Waals surface area contributed by atoms with E-state index in [1.54, 1.807) is 17.7 Å². The third-order valence-electron chi connectivity index (χ3n) is 3.82. The summed E-state index contributed by atoms with van der Waals surface area (Å²) in [5.74, 6) is -0.436. The Morgan fingerprint density at radius 1 is 1.12 bits per heavy atom. The van der Waals surface area contributed by atoms with Crippen molar-refractivity contribution < 1.29 is 9.63 Å². The smallest absolute Gasteiger partial charge is 0.269 e. The Morgan fingerprint density at radius 3 is 2.54 bits per heavy atom. The molecule has 3 rings (SSSR count). The summed E-state index contributed by atoms with van der Waals surface area (Å²) in [6, 6.07) is 17.0. The van der Waals surface area contributed by atoms with Crippen LogP contribution < -0.4 is 5.48 Å². The summed E-state index contributed by atoms with van der Waals surface area (Å²) < 4.78 is 1.55. The summed E-state index contributed by atoms with van der Waals surface area (Å²) in [5.41, 5.74) is 5.03. The second kappa shape index (κ2) is 8.36. The van der Waals surface area contributed by atoms with Gasteiger partial charge >= 0.3 is 0 Å². The summed E-state index contributed by atoms with van der Waals surface area (Å²) in [6.07, 6.45) is 0. The summed E-state index contributed by atoms with van der Waals surface area (Å²) in [5, 5.41) is 5.20. The van der Waals surface area contributed by atoms with E-state index < -0.39 is 5.91 Å². The Labute approximate surface area is 161 Å². The van der Waals surface area contributed by atoms with E-state index in [2.05, 4.69) is 10.6 Å². The molecule has 0 saturated carbocycles. The van der Waals surface area contributed by atoms with Gasteiger partial charge in [-0.2, -0.15) is 5.10 Å². The largest absolute Gasteiger partial charge is 0.279 e. The fourth-order valence-corrected chi connectivity index (χ4v) is 3.03. The van der Waals surface area contributed by atoms with E-state index in [0.717, 1.165) is 11.1 Å². The lowest BCUT2D eigenvalue weighted by Gasteiger charge is -2.07. The lowest BCUT2D eigenvalue weighted by atomic mass is 10.2. The first-order valence-corrected chi connectivity index (χ1v) is 8.74. The molecule has 134 valence electrons. The van der Waals surface area contributed by atoms with Crippen molar-refractivity contribution >= 4 is 29.1 Å². The lowest BCUT2D eigenvalue weighted by molar-refractivity contribution is 0.0233. The number of hydroxylamine groups is 1. The number of halogens is 2. The van der Waals surface area contributed by atoms with Crippen LogP contribution in [0, 0.1) is 6.92 Å². The molecule has 0 aliphatic carbocycles. The maximum absolute atomic E-state index is 12.4. The number of rotatable bonds is 6. The van der Waals surface area contributed by atoms with Gasteiger partial charge in [-0.15, -0.1) is 0 Å². The van der Waals surface area contributed by atoms with Gasteiger partial charge in [-0.3, -0.25) is 9.63 Å². The van der Waals surface area contributed by atoms with Crippen molar-refractivity contribution in [1.82, 2.24) is 15.3 Å². The second-order valence-corrected chi connectivity index (χ2v) is 6.47. The quantitative estimate of drug-likeness (QED) is 0.635. The summed E-state index contributed by atoms with van der Waals surface area (Å²) in [4.78, 5) is 17.7. The molecule has 0 aliphatic heterocycles. The Bertz CT molecular complexity index is 910. The minimum absolute atomic E-state index is 0.239. The van der Waals surface area contributed by atoms with E-state index in [4.69, 9.17) is 28.0 Å². The van der Waals surface area contributed by atoms with Gasteiger partial charge in [0.15, 0.2) is 0 Å². The summed E-state index contributed by atoms with van der Waals surface area (Å²) in [6.45, 7) is 2.36. The van der Waals surface area contributed by atoms with Crippen molar-refractivity contribution in [1.29, 1.82) is 0 Å². The molecule has 0 aliphatic rings. The van der Waals surface area contributed by atoms with Crippen LogP contribution in [0.1, 0.15) is 27.2 Å². The highest BCUT2D eigenvalue weighted by molar-refractivity contribution is 6.33. The summed E-state index contributed by atoms with van der Waals surface area (Å²) >= 11 is 12.5. The Hall–Kier alpha value is -2.34. The molecule has 26 heavy (non-hydrogen) atoms. The number of aromatic nitrogens is 2. The second-order valence-electron chi connectivity index (χ2n) is 5.71. The average molecular weight is 390 g/mol. The van der Waals surface area contributed by atoms with Crippen LogP contribution >= 0.6 is 23.2 Å². The van der Waals surface area contributed by atoms with Crippen molar-refractivity contribution in [3.8, 4) is 0 Å². The first-order chi connectivity index (χ1) is 12.6. The van der Waals surface area contributed by atoms with Crippen molar-refractivity contribution in [2.75, 3.05) is 0 Å². The predicted octanol–water partition coefficient (Wildman–Crippen LogP) is 4.41. The van der Waals surface area contributed by atoms with Gasteiger partial charge in [0.1, 0.15) is 10.7 Å². The van der Waals surface area contributed by atoms with Gasteiger partial charge in [-0.05, 0) is 24.1 Å². The molecule has 1 heterocycles. The van der Waals surface area contributed by atoms with Gasteiger partial charge < -0.3 is 0 Å². The highest BCUT2D eigenvalue weighted by atomic mass is 35.5. The topological polar surface area (TPSA) is 56.2 Å². The number of hydrogen-bond donors (Lipinski definition) is 1. The van der Waals surface area contributed by atoms with Gasteiger partial charge in [0.25, 0.3) is 5.91 Å². The first kappa shape index (κ1) is 18.5. The zero-order valence-corrected chi connectivity index (χ0v) is 15.6. The van der Waals surface area contributed by atoms with Gasteiger partial charge in [-0.1, -0.05) is 71.7 Å². The van der Waals surface area contributed by atoms with Crippen LogP contribution in [0.25, 0.3) is 0 Å². The molecule has 0 unspecified atom stereocenters. The molecule has 0 fully saturated rings. The van der Waals surface area contributed by atoms with Gasteiger partial charge in [-0.25, -0.2) is 10.2 Å². The number of aryl methyl sites for hydroxylation is 1. The molecular weight excluding hydrogens is 373 g/mol. The summed E-state index contributed by atoms with van der Waals surface area (Å²) in [7, 11) is 0. The van der Waals surface area contributed by atoms with Crippen molar-refractivity contribution in [2.45, 2.75) is 20.1 Å².